The molecule has 0 radical (unpaired) electrons. The third kappa shape index (κ3) is 3.05. The van der Waals surface area contributed by atoms with Crippen LogP contribution in [0.15, 0.2) is 27.6 Å². The Labute approximate surface area is 116 Å². The zero-order chi connectivity index (χ0) is 13.3. The van der Waals surface area contributed by atoms with Crippen molar-refractivity contribution in [3.05, 3.63) is 22.7 Å². The molecule has 0 unspecified atom stereocenters. The maximum atomic E-state index is 12.2. The van der Waals surface area contributed by atoms with Crippen LogP contribution in [0.25, 0.3) is 0 Å². The van der Waals surface area contributed by atoms with Crippen molar-refractivity contribution >= 4 is 26.0 Å². The number of fused-ring (bicyclic) bond motifs is 1. The first-order chi connectivity index (χ1) is 8.38. The highest BCUT2D eigenvalue weighted by Crippen LogP contribution is 2.30. The number of benzene rings is 1. The summed E-state index contributed by atoms with van der Waals surface area (Å²) >= 11 is 3.31. The predicted octanol–water partition coefficient (Wildman–Crippen LogP) is 2.53. The van der Waals surface area contributed by atoms with E-state index < -0.39 is 10.0 Å². The SMILES string of the molecule is CC(C)C[C@H]1COc2cc(Br)ccc2S(=O)(=O)N1. The van der Waals surface area contributed by atoms with Crippen LogP contribution in [0.3, 0.4) is 0 Å². The van der Waals surface area contributed by atoms with Crippen molar-refractivity contribution in [1.29, 1.82) is 0 Å². The van der Waals surface area contributed by atoms with Crippen molar-refractivity contribution in [2.24, 2.45) is 5.92 Å². The van der Waals surface area contributed by atoms with Crippen LogP contribution in [-0.2, 0) is 10.0 Å². The van der Waals surface area contributed by atoms with E-state index in [2.05, 4.69) is 34.5 Å². The van der Waals surface area contributed by atoms with Crippen molar-refractivity contribution in [2.75, 3.05) is 6.61 Å². The minimum Gasteiger partial charge on any atom is -0.490 e. The summed E-state index contributed by atoms with van der Waals surface area (Å²) < 4.78 is 33.5. The smallest absolute Gasteiger partial charge is 0.244 e. The average molecular weight is 334 g/mol. The summed E-state index contributed by atoms with van der Waals surface area (Å²) in [6.45, 7) is 4.48. The van der Waals surface area contributed by atoms with Gasteiger partial charge < -0.3 is 4.74 Å². The second-order valence-electron chi connectivity index (χ2n) is 4.85. The molecule has 18 heavy (non-hydrogen) atoms. The number of sulfonamides is 1. The highest BCUT2D eigenvalue weighted by molar-refractivity contribution is 9.10. The van der Waals surface area contributed by atoms with E-state index in [0.717, 1.165) is 10.9 Å². The van der Waals surface area contributed by atoms with E-state index in [1.165, 1.54) is 0 Å². The molecule has 0 spiro atoms. The summed E-state index contributed by atoms with van der Waals surface area (Å²) in [5, 5.41) is 0. The molecule has 1 heterocycles. The maximum Gasteiger partial charge on any atom is 0.244 e. The first kappa shape index (κ1) is 13.8. The number of ether oxygens (including phenoxy) is 1. The van der Waals surface area contributed by atoms with Gasteiger partial charge in [0.25, 0.3) is 0 Å². The molecule has 1 N–H and O–H groups in total. The lowest BCUT2D eigenvalue weighted by atomic mass is 10.1. The molecule has 6 heteroatoms. The number of hydrogen-bond donors (Lipinski definition) is 1. The molecule has 0 bridgehead atoms. The molecule has 1 aliphatic rings. The average Bonchev–Trinajstić information content (AvgIpc) is 2.34. The first-order valence-corrected chi connectivity index (χ1v) is 8.11. The molecular weight excluding hydrogens is 318 g/mol. The Morgan fingerprint density at radius 1 is 1.50 bits per heavy atom. The van der Waals surface area contributed by atoms with Gasteiger partial charge in [-0.2, -0.15) is 0 Å². The second-order valence-corrected chi connectivity index (χ2v) is 7.45. The van der Waals surface area contributed by atoms with Gasteiger partial charge in [0.1, 0.15) is 17.3 Å². The Bertz CT molecular complexity index is 542. The largest absolute Gasteiger partial charge is 0.490 e. The lowest BCUT2D eigenvalue weighted by Crippen LogP contribution is -2.37. The molecule has 0 saturated heterocycles. The van der Waals surface area contributed by atoms with Gasteiger partial charge in [-0.3, -0.25) is 0 Å². The van der Waals surface area contributed by atoms with Crippen LogP contribution in [0.5, 0.6) is 5.75 Å². The molecule has 0 aliphatic carbocycles. The fourth-order valence-electron chi connectivity index (χ4n) is 2.01. The van der Waals surface area contributed by atoms with Gasteiger partial charge >= 0.3 is 0 Å². The topological polar surface area (TPSA) is 55.4 Å². The van der Waals surface area contributed by atoms with Gasteiger partial charge in [-0.25, -0.2) is 13.1 Å². The standard InChI is InChI=1S/C12H16BrNO3S/c1-8(2)5-10-7-17-11-6-9(13)3-4-12(11)18(15,16)14-10/h3-4,6,8,10,14H,5,7H2,1-2H3/t10-/m0/s1. The highest BCUT2D eigenvalue weighted by atomic mass is 79.9. The van der Waals surface area contributed by atoms with Crippen LogP contribution >= 0.6 is 15.9 Å². The van der Waals surface area contributed by atoms with E-state index in [9.17, 15) is 8.42 Å². The second kappa shape index (κ2) is 5.19. The first-order valence-electron chi connectivity index (χ1n) is 5.83. The monoisotopic (exact) mass is 333 g/mol. The lowest BCUT2D eigenvalue weighted by molar-refractivity contribution is 0.262. The molecule has 1 aromatic carbocycles. The van der Waals surface area contributed by atoms with Crippen molar-refractivity contribution in [2.45, 2.75) is 31.2 Å². The molecule has 100 valence electrons. The summed E-state index contributed by atoms with van der Waals surface area (Å²) in [5.74, 6) is 0.817. The van der Waals surface area contributed by atoms with Crippen LogP contribution in [-0.4, -0.2) is 21.1 Å². The third-order valence-electron chi connectivity index (χ3n) is 2.71. The molecular formula is C12H16BrNO3S. The molecule has 0 saturated carbocycles. The van der Waals surface area contributed by atoms with Gasteiger partial charge in [-0.1, -0.05) is 29.8 Å². The van der Waals surface area contributed by atoms with Crippen LogP contribution in [0.4, 0.5) is 0 Å². The van der Waals surface area contributed by atoms with Gasteiger partial charge in [0.05, 0.1) is 6.04 Å². The molecule has 1 aliphatic heterocycles. The van der Waals surface area contributed by atoms with Crippen molar-refractivity contribution in [1.82, 2.24) is 4.72 Å². The van der Waals surface area contributed by atoms with E-state index in [-0.39, 0.29) is 10.9 Å². The van der Waals surface area contributed by atoms with Crippen LogP contribution in [0.1, 0.15) is 20.3 Å². The van der Waals surface area contributed by atoms with E-state index in [0.29, 0.717) is 18.3 Å². The fourth-order valence-corrected chi connectivity index (χ4v) is 3.71. The van der Waals surface area contributed by atoms with E-state index >= 15 is 0 Å². The van der Waals surface area contributed by atoms with Crippen LogP contribution in [0, 0.1) is 5.92 Å². The zero-order valence-electron chi connectivity index (χ0n) is 10.3. The lowest BCUT2D eigenvalue weighted by Gasteiger charge is -2.16. The van der Waals surface area contributed by atoms with Gasteiger partial charge in [-0.05, 0) is 30.5 Å². The maximum absolute atomic E-state index is 12.2. The highest BCUT2D eigenvalue weighted by Gasteiger charge is 2.28. The quantitative estimate of drug-likeness (QED) is 0.904. The summed E-state index contributed by atoms with van der Waals surface area (Å²) in [6.07, 6.45) is 0.758. The van der Waals surface area contributed by atoms with Gasteiger partial charge in [-0.15, -0.1) is 0 Å². The Morgan fingerprint density at radius 3 is 2.89 bits per heavy atom. The number of hydrogen-bond acceptors (Lipinski definition) is 3. The molecule has 2 rings (SSSR count). The normalized spacial score (nSPS) is 22.1. The van der Waals surface area contributed by atoms with Crippen molar-refractivity contribution in [3.63, 3.8) is 0 Å². The van der Waals surface area contributed by atoms with Gasteiger partial charge in [0.15, 0.2) is 0 Å². The minimum absolute atomic E-state index is 0.179. The molecule has 4 nitrogen and oxygen atoms in total. The Balaban J connectivity index is 2.35. The number of rotatable bonds is 2. The molecule has 1 aromatic rings. The van der Waals surface area contributed by atoms with Gasteiger partial charge in [0, 0.05) is 4.47 Å². The molecule has 1 atom stereocenters. The Kier molecular flexibility index (Phi) is 3.99. The van der Waals surface area contributed by atoms with Gasteiger partial charge in [0.2, 0.25) is 10.0 Å². The van der Waals surface area contributed by atoms with Crippen molar-refractivity contribution in [3.8, 4) is 5.75 Å². The van der Waals surface area contributed by atoms with Crippen LogP contribution in [0.2, 0.25) is 0 Å². The summed E-state index contributed by atoms with van der Waals surface area (Å²) in [7, 11) is -3.49. The zero-order valence-corrected chi connectivity index (χ0v) is 12.7. The van der Waals surface area contributed by atoms with E-state index in [4.69, 9.17) is 4.74 Å². The van der Waals surface area contributed by atoms with E-state index in [1.807, 2.05) is 0 Å². The predicted molar refractivity (Wildman–Crippen MR) is 73.2 cm³/mol. The molecule has 0 fully saturated rings. The summed E-state index contributed by atoms with van der Waals surface area (Å²) in [5.41, 5.74) is 0. The van der Waals surface area contributed by atoms with Crippen molar-refractivity contribution < 1.29 is 13.2 Å². The summed E-state index contributed by atoms with van der Waals surface area (Å²) in [4.78, 5) is 0.206. The Hall–Kier alpha value is -0.590. The molecule has 0 aromatic heterocycles. The minimum atomic E-state index is -3.49. The number of nitrogens with one attached hydrogen (secondary N) is 1. The third-order valence-corrected chi connectivity index (χ3v) is 4.77. The Morgan fingerprint density at radius 2 is 2.22 bits per heavy atom. The number of halogens is 1. The molecule has 0 amide bonds. The van der Waals surface area contributed by atoms with E-state index in [1.54, 1.807) is 18.2 Å². The fraction of sp³-hybridized carbons (Fsp3) is 0.500. The van der Waals surface area contributed by atoms with Crippen LogP contribution < -0.4 is 9.46 Å². The summed E-state index contributed by atoms with van der Waals surface area (Å²) in [6, 6.07) is 4.76.